The molecular weight excluding hydrogens is 298 g/mol. The Morgan fingerprint density at radius 1 is 1.32 bits per heavy atom. The van der Waals surface area contributed by atoms with Gasteiger partial charge in [0.25, 0.3) is 0 Å². The van der Waals surface area contributed by atoms with Crippen molar-refractivity contribution in [2.45, 2.75) is 63.5 Å². The van der Waals surface area contributed by atoms with Crippen LogP contribution in [0.2, 0.25) is 0 Å². The average Bonchev–Trinajstić information content (AvgIpc) is 3.15. The first kappa shape index (κ1) is 13.6. The largest absolute Gasteiger partial charge is 0.311 e. The number of benzene rings is 1. The van der Waals surface area contributed by atoms with E-state index in [-0.39, 0.29) is 0 Å². The van der Waals surface area contributed by atoms with Gasteiger partial charge in [-0.25, -0.2) is 0 Å². The third kappa shape index (κ3) is 3.61. The molecule has 1 aromatic rings. The van der Waals surface area contributed by atoms with Gasteiger partial charge in [0.2, 0.25) is 0 Å². The van der Waals surface area contributed by atoms with Gasteiger partial charge in [-0.3, -0.25) is 0 Å². The molecule has 1 unspecified atom stereocenters. The highest BCUT2D eigenvalue weighted by molar-refractivity contribution is 9.10. The Kier molecular flexibility index (Phi) is 4.28. The van der Waals surface area contributed by atoms with Crippen molar-refractivity contribution in [3.05, 3.63) is 34.3 Å². The van der Waals surface area contributed by atoms with E-state index in [9.17, 15) is 0 Å². The van der Waals surface area contributed by atoms with Crippen LogP contribution >= 0.6 is 15.9 Å². The topological polar surface area (TPSA) is 12.0 Å². The summed E-state index contributed by atoms with van der Waals surface area (Å²) >= 11 is 3.57. The minimum Gasteiger partial charge on any atom is -0.311 e. The molecule has 1 aromatic carbocycles. The van der Waals surface area contributed by atoms with E-state index in [0.29, 0.717) is 0 Å². The molecule has 2 aliphatic rings. The quantitative estimate of drug-likeness (QED) is 0.788. The van der Waals surface area contributed by atoms with Crippen molar-refractivity contribution in [2.75, 3.05) is 0 Å². The summed E-state index contributed by atoms with van der Waals surface area (Å²) in [7, 11) is 0. The Labute approximate surface area is 125 Å². The highest BCUT2D eigenvalue weighted by Gasteiger charge is 2.33. The first-order chi connectivity index (χ1) is 9.24. The lowest BCUT2D eigenvalue weighted by Gasteiger charge is -2.39. The summed E-state index contributed by atoms with van der Waals surface area (Å²) in [6.45, 7) is 2.32. The first-order valence-corrected chi connectivity index (χ1v) is 8.55. The van der Waals surface area contributed by atoms with Crippen LogP contribution in [-0.4, -0.2) is 12.1 Å². The number of halogens is 1. The van der Waals surface area contributed by atoms with Gasteiger partial charge in [-0.15, -0.1) is 0 Å². The fraction of sp³-hybridized carbons (Fsp3) is 0.647. The van der Waals surface area contributed by atoms with Crippen LogP contribution in [0.25, 0.3) is 0 Å². The molecule has 0 spiro atoms. The van der Waals surface area contributed by atoms with Crippen LogP contribution in [0, 0.1) is 5.92 Å². The maximum atomic E-state index is 3.88. The summed E-state index contributed by atoms with van der Waals surface area (Å²) in [6, 6.07) is 10.3. The predicted molar refractivity (Wildman–Crippen MR) is 84.5 cm³/mol. The molecule has 1 N–H and O–H groups in total. The molecule has 19 heavy (non-hydrogen) atoms. The SMILES string of the molecule is CCC(CC1CC1)NC1CC(c2cccc(Br)c2)C1. The minimum atomic E-state index is 0.757. The minimum absolute atomic E-state index is 0.757. The normalized spacial score (nSPS) is 27.9. The molecule has 3 rings (SSSR count). The predicted octanol–water partition coefficient (Wildman–Crippen LogP) is 4.86. The van der Waals surface area contributed by atoms with Gasteiger partial charge < -0.3 is 5.32 Å². The Morgan fingerprint density at radius 3 is 2.74 bits per heavy atom. The smallest absolute Gasteiger partial charge is 0.0178 e. The first-order valence-electron chi connectivity index (χ1n) is 7.76. The zero-order chi connectivity index (χ0) is 13.2. The van der Waals surface area contributed by atoms with Crippen molar-refractivity contribution in [1.82, 2.24) is 5.32 Å². The van der Waals surface area contributed by atoms with E-state index in [2.05, 4.69) is 52.4 Å². The van der Waals surface area contributed by atoms with Gasteiger partial charge in [-0.1, -0.05) is 47.8 Å². The maximum absolute atomic E-state index is 3.88. The molecule has 2 aliphatic carbocycles. The second kappa shape index (κ2) is 5.97. The highest BCUT2D eigenvalue weighted by Crippen LogP contribution is 2.39. The molecule has 0 amide bonds. The molecule has 0 heterocycles. The van der Waals surface area contributed by atoms with Crippen molar-refractivity contribution in [2.24, 2.45) is 5.92 Å². The molecule has 1 atom stereocenters. The van der Waals surface area contributed by atoms with Gasteiger partial charge >= 0.3 is 0 Å². The molecule has 0 saturated heterocycles. The summed E-state index contributed by atoms with van der Waals surface area (Å²) in [6.07, 6.45) is 8.28. The lowest BCUT2D eigenvalue weighted by molar-refractivity contribution is 0.252. The second-order valence-corrected chi connectivity index (χ2v) is 7.29. The van der Waals surface area contributed by atoms with E-state index in [0.717, 1.165) is 23.9 Å². The van der Waals surface area contributed by atoms with Crippen molar-refractivity contribution in [3.63, 3.8) is 0 Å². The van der Waals surface area contributed by atoms with Gasteiger partial charge in [0.15, 0.2) is 0 Å². The maximum Gasteiger partial charge on any atom is 0.0178 e. The van der Waals surface area contributed by atoms with E-state index < -0.39 is 0 Å². The van der Waals surface area contributed by atoms with Gasteiger partial charge in [-0.05, 0) is 55.2 Å². The van der Waals surface area contributed by atoms with E-state index in [1.165, 1.54) is 48.6 Å². The Hall–Kier alpha value is -0.340. The highest BCUT2D eigenvalue weighted by atomic mass is 79.9. The molecule has 0 aromatic heterocycles. The zero-order valence-corrected chi connectivity index (χ0v) is 13.3. The number of hydrogen-bond acceptors (Lipinski definition) is 1. The van der Waals surface area contributed by atoms with Crippen molar-refractivity contribution in [3.8, 4) is 0 Å². The summed E-state index contributed by atoms with van der Waals surface area (Å²) in [4.78, 5) is 0. The molecule has 0 radical (unpaired) electrons. The molecule has 0 bridgehead atoms. The Balaban J connectivity index is 1.46. The van der Waals surface area contributed by atoms with Crippen LogP contribution < -0.4 is 5.32 Å². The third-order valence-corrected chi connectivity index (χ3v) is 5.23. The number of rotatable bonds is 6. The van der Waals surface area contributed by atoms with E-state index in [4.69, 9.17) is 0 Å². The van der Waals surface area contributed by atoms with Crippen LogP contribution in [0.1, 0.15) is 56.9 Å². The number of hydrogen-bond donors (Lipinski definition) is 1. The summed E-state index contributed by atoms with van der Waals surface area (Å²) in [5.74, 6) is 1.81. The van der Waals surface area contributed by atoms with Crippen molar-refractivity contribution < 1.29 is 0 Å². The average molecular weight is 322 g/mol. The number of nitrogens with one attached hydrogen (secondary N) is 1. The Morgan fingerprint density at radius 2 is 2.11 bits per heavy atom. The van der Waals surface area contributed by atoms with Crippen LogP contribution in [0.3, 0.4) is 0 Å². The fourth-order valence-electron chi connectivity index (χ4n) is 3.23. The molecule has 1 nitrogen and oxygen atoms in total. The zero-order valence-electron chi connectivity index (χ0n) is 11.7. The van der Waals surface area contributed by atoms with Crippen molar-refractivity contribution in [1.29, 1.82) is 0 Å². The van der Waals surface area contributed by atoms with E-state index in [1.54, 1.807) is 0 Å². The molecule has 2 saturated carbocycles. The molecule has 0 aliphatic heterocycles. The van der Waals surface area contributed by atoms with Gasteiger partial charge in [-0.2, -0.15) is 0 Å². The van der Waals surface area contributed by atoms with E-state index >= 15 is 0 Å². The standard InChI is InChI=1S/C17H24BrN/c1-2-16(8-12-6-7-12)19-17-10-14(11-17)13-4-3-5-15(18)9-13/h3-5,9,12,14,16-17,19H,2,6-8,10-11H2,1H3. The lowest BCUT2D eigenvalue weighted by Crippen LogP contribution is -2.45. The lowest BCUT2D eigenvalue weighted by atomic mass is 9.75. The van der Waals surface area contributed by atoms with Crippen LogP contribution in [0.4, 0.5) is 0 Å². The van der Waals surface area contributed by atoms with Crippen LogP contribution in [0.5, 0.6) is 0 Å². The monoisotopic (exact) mass is 321 g/mol. The molecule has 2 fully saturated rings. The van der Waals surface area contributed by atoms with Gasteiger partial charge in [0, 0.05) is 16.6 Å². The molecule has 2 heteroatoms. The second-order valence-electron chi connectivity index (χ2n) is 6.37. The summed E-state index contributed by atoms with van der Waals surface area (Å²) < 4.78 is 1.21. The molecule has 104 valence electrons. The third-order valence-electron chi connectivity index (χ3n) is 4.74. The Bertz CT molecular complexity index is 421. The summed E-state index contributed by atoms with van der Waals surface area (Å²) in [5.41, 5.74) is 1.50. The van der Waals surface area contributed by atoms with Gasteiger partial charge in [0.05, 0.1) is 0 Å². The van der Waals surface area contributed by atoms with Gasteiger partial charge in [0.1, 0.15) is 0 Å². The van der Waals surface area contributed by atoms with E-state index in [1.807, 2.05) is 0 Å². The summed E-state index contributed by atoms with van der Waals surface area (Å²) in [5, 5.41) is 3.88. The molecular formula is C17H24BrN. The van der Waals surface area contributed by atoms with Crippen LogP contribution in [0.15, 0.2) is 28.7 Å². The van der Waals surface area contributed by atoms with Crippen LogP contribution in [-0.2, 0) is 0 Å². The fourth-order valence-corrected chi connectivity index (χ4v) is 3.65. The van der Waals surface area contributed by atoms with Crippen molar-refractivity contribution >= 4 is 15.9 Å².